The van der Waals surface area contributed by atoms with E-state index < -0.39 is 5.82 Å². The fourth-order valence-electron chi connectivity index (χ4n) is 3.80. The number of amides is 1. The number of fused-ring (bicyclic) bond motifs is 3. The number of methoxy groups -OCH3 is 1. The van der Waals surface area contributed by atoms with Gasteiger partial charge in [-0.15, -0.1) is 0 Å². The molecule has 0 saturated carbocycles. The fraction of sp³-hybridized carbons (Fsp3) is 0.421. The van der Waals surface area contributed by atoms with Gasteiger partial charge < -0.3 is 19.4 Å². The third-order valence-electron chi connectivity index (χ3n) is 5.24. The summed E-state index contributed by atoms with van der Waals surface area (Å²) in [5.74, 6) is 0.770. The molecule has 4 heterocycles. The lowest BCUT2D eigenvalue weighted by Crippen LogP contribution is -2.57. The van der Waals surface area contributed by atoms with Gasteiger partial charge in [0.2, 0.25) is 0 Å². The SMILES string of the molecule is COc1ccc(-c2ccc(C(=O)N[C@H]3CN4CCC3CC4)o2)cc1F. The first kappa shape index (κ1) is 16.1. The minimum Gasteiger partial charge on any atom is -0.494 e. The third-order valence-corrected chi connectivity index (χ3v) is 5.24. The predicted molar refractivity (Wildman–Crippen MR) is 91.1 cm³/mol. The van der Waals surface area contributed by atoms with Gasteiger partial charge in [0.25, 0.3) is 5.91 Å². The molecule has 5 nitrogen and oxygen atoms in total. The maximum atomic E-state index is 13.8. The molecule has 0 spiro atoms. The quantitative estimate of drug-likeness (QED) is 0.927. The first-order chi connectivity index (χ1) is 12.1. The minimum atomic E-state index is -0.463. The highest BCUT2D eigenvalue weighted by Gasteiger charge is 2.35. The van der Waals surface area contributed by atoms with E-state index in [1.165, 1.54) is 13.2 Å². The molecule has 0 unspecified atom stereocenters. The Labute approximate surface area is 145 Å². The molecule has 1 N–H and O–H groups in total. The molecule has 3 aliphatic heterocycles. The van der Waals surface area contributed by atoms with E-state index in [2.05, 4.69) is 10.2 Å². The van der Waals surface area contributed by atoms with E-state index in [1.807, 2.05) is 0 Å². The number of nitrogens with one attached hydrogen (secondary N) is 1. The molecule has 2 aromatic rings. The Kier molecular flexibility index (Phi) is 4.21. The van der Waals surface area contributed by atoms with Gasteiger partial charge in [0, 0.05) is 18.2 Å². The van der Waals surface area contributed by atoms with Gasteiger partial charge in [0.15, 0.2) is 17.3 Å². The highest BCUT2D eigenvalue weighted by Crippen LogP contribution is 2.29. The van der Waals surface area contributed by atoms with E-state index in [9.17, 15) is 9.18 Å². The minimum absolute atomic E-state index is 0.177. The number of rotatable bonds is 4. The van der Waals surface area contributed by atoms with E-state index in [4.69, 9.17) is 9.15 Å². The van der Waals surface area contributed by atoms with E-state index in [1.54, 1.807) is 24.3 Å². The Bertz CT molecular complexity index is 781. The second-order valence-electron chi connectivity index (χ2n) is 6.73. The standard InChI is InChI=1S/C19H21FN2O3/c1-24-17-3-2-13(10-14(17)20)16-4-5-18(25-16)19(23)21-15-11-22-8-6-12(15)7-9-22/h2-5,10,12,15H,6-9,11H2,1H3,(H,21,23)/t15-/m0/s1. The zero-order valence-corrected chi connectivity index (χ0v) is 14.1. The van der Waals surface area contributed by atoms with Crippen molar-refractivity contribution in [1.29, 1.82) is 0 Å². The van der Waals surface area contributed by atoms with Crippen molar-refractivity contribution in [3.05, 3.63) is 41.9 Å². The molecule has 3 saturated heterocycles. The van der Waals surface area contributed by atoms with Crippen LogP contribution in [-0.2, 0) is 0 Å². The third kappa shape index (κ3) is 3.14. The number of carbonyl (C=O) groups is 1. The van der Waals surface area contributed by atoms with Crippen LogP contribution < -0.4 is 10.1 Å². The molecule has 2 bridgehead atoms. The van der Waals surface area contributed by atoms with Gasteiger partial charge >= 0.3 is 0 Å². The molecule has 1 aromatic carbocycles. The van der Waals surface area contributed by atoms with Crippen LogP contribution in [0.15, 0.2) is 34.7 Å². The lowest BCUT2D eigenvalue weighted by molar-refractivity contribution is 0.0606. The van der Waals surface area contributed by atoms with Crippen molar-refractivity contribution < 1.29 is 18.3 Å². The van der Waals surface area contributed by atoms with Crippen LogP contribution in [0.2, 0.25) is 0 Å². The van der Waals surface area contributed by atoms with Crippen LogP contribution in [0.25, 0.3) is 11.3 Å². The summed E-state index contributed by atoms with van der Waals surface area (Å²) < 4.78 is 24.4. The number of piperidine rings is 3. The number of furan rings is 1. The average Bonchev–Trinajstić information content (AvgIpc) is 3.13. The van der Waals surface area contributed by atoms with E-state index in [0.29, 0.717) is 17.2 Å². The first-order valence-electron chi connectivity index (χ1n) is 8.61. The van der Waals surface area contributed by atoms with Crippen molar-refractivity contribution in [1.82, 2.24) is 10.2 Å². The average molecular weight is 344 g/mol. The van der Waals surface area contributed by atoms with Gasteiger partial charge in [-0.05, 0) is 62.2 Å². The summed E-state index contributed by atoms with van der Waals surface area (Å²) >= 11 is 0. The van der Waals surface area contributed by atoms with Crippen LogP contribution in [-0.4, -0.2) is 43.6 Å². The fourth-order valence-corrected chi connectivity index (χ4v) is 3.80. The zero-order chi connectivity index (χ0) is 17.4. The second-order valence-corrected chi connectivity index (χ2v) is 6.73. The van der Waals surface area contributed by atoms with Crippen LogP contribution in [0, 0.1) is 11.7 Å². The van der Waals surface area contributed by atoms with Crippen LogP contribution in [0.1, 0.15) is 23.4 Å². The van der Waals surface area contributed by atoms with Gasteiger partial charge in [0.1, 0.15) is 5.76 Å². The van der Waals surface area contributed by atoms with Crippen molar-refractivity contribution in [2.24, 2.45) is 5.92 Å². The maximum absolute atomic E-state index is 13.8. The van der Waals surface area contributed by atoms with Gasteiger partial charge in [-0.3, -0.25) is 4.79 Å². The summed E-state index contributed by atoms with van der Waals surface area (Å²) in [5.41, 5.74) is 0.570. The Balaban J connectivity index is 1.47. The number of nitrogens with zero attached hydrogens (tertiary/aromatic N) is 1. The van der Waals surface area contributed by atoms with Gasteiger partial charge in [-0.2, -0.15) is 0 Å². The largest absolute Gasteiger partial charge is 0.494 e. The summed E-state index contributed by atoms with van der Waals surface area (Å²) in [4.78, 5) is 14.9. The Morgan fingerprint density at radius 2 is 2.08 bits per heavy atom. The lowest BCUT2D eigenvalue weighted by atomic mass is 9.84. The van der Waals surface area contributed by atoms with Crippen molar-refractivity contribution in [2.75, 3.05) is 26.7 Å². The molecular weight excluding hydrogens is 323 g/mol. The zero-order valence-electron chi connectivity index (χ0n) is 14.1. The smallest absolute Gasteiger partial charge is 0.287 e. The van der Waals surface area contributed by atoms with E-state index in [-0.39, 0.29) is 23.5 Å². The molecule has 1 aromatic heterocycles. The van der Waals surface area contributed by atoms with Crippen LogP contribution >= 0.6 is 0 Å². The monoisotopic (exact) mass is 344 g/mol. The molecule has 25 heavy (non-hydrogen) atoms. The van der Waals surface area contributed by atoms with Crippen molar-refractivity contribution in [2.45, 2.75) is 18.9 Å². The molecule has 3 aliphatic rings. The molecule has 6 heteroatoms. The first-order valence-corrected chi connectivity index (χ1v) is 8.61. The second kappa shape index (κ2) is 6.52. The maximum Gasteiger partial charge on any atom is 0.287 e. The Hall–Kier alpha value is -2.34. The van der Waals surface area contributed by atoms with Gasteiger partial charge in [-0.1, -0.05) is 0 Å². The van der Waals surface area contributed by atoms with Gasteiger partial charge in [0.05, 0.1) is 7.11 Å². The topological polar surface area (TPSA) is 54.7 Å². The summed E-state index contributed by atoms with van der Waals surface area (Å²) in [5, 5.41) is 3.09. The molecule has 5 rings (SSSR count). The molecule has 132 valence electrons. The Morgan fingerprint density at radius 1 is 1.28 bits per heavy atom. The van der Waals surface area contributed by atoms with Crippen molar-refractivity contribution in [3.63, 3.8) is 0 Å². The van der Waals surface area contributed by atoms with Gasteiger partial charge in [-0.25, -0.2) is 4.39 Å². The number of carbonyl (C=O) groups excluding carboxylic acids is 1. The van der Waals surface area contributed by atoms with E-state index >= 15 is 0 Å². The molecule has 3 fully saturated rings. The number of hydrogen-bond donors (Lipinski definition) is 1. The number of ether oxygens (including phenoxy) is 1. The van der Waals surface area contributed by atoms with Crippen molar-refractivity contribution in [3.8, 4) is 17.1 Å². The predicted octanol–water partition coefficient (Wildman–Crippen LogP) is 2.92. The van der Waals surface area contributed by atoms with Crippen LogP contribution in [0.5, 0.6) is 5.75 Å². The normalized spacial score (nSPS) is 25.0. The summed E-state index contributed by atoms with van der Waals surface area (Å²) in [6, 6.07) is 8.09. The van der Waals surface area contributed by atoms with E-state index in [0.717, 1.165) is 32.5 Å². The van der Waals surface area contributed by atoms with Crippen molar-refractivity contribution >= 4 is 5.91 Å². The van der Waals surface area contributed by atoms with Crippen LogP contribution in [0.3, 0.4) is 0 Å². The lowest BCUT2D eigenvalue weighted by Gasteiger charge is -2.44. The molecule has 0 aliphatic carbocycles. The molecule has 1 atom stereocenters. The highest BCUT2D eigenvalue weighted by atomic mass is 19.1. The summed E-state index contributed by atoms with van der Waals surface area (Å²) in [6.45, 7) is 3.17. The number of benzene rings is 1. The van der Waals surface area contributed by atoms with Crippen LogP contribution in [0.4, 0.5) is 4.39 Å². The number of halogens is 1. The highest BCUT2D eigenvalue weighted by molar-refractivity contribution is 5.92. The number of hydrogen-bond acceptors (Lipinski definition) is 4. The summed E-state index contributed by atoms with van der Waals surface area (Å²) in [6.07, 6.45) is 2.28. The molecule has 1 amide bonds. The Morgan fingerprint density at radius 3 is 2.72 bits per heavy atom. The molecule has 0 radical (unpaired) electrons. The summed E-state index contributed by atoms with van der Waals surface area (Å²) in [7, 11) is 1.42. The molecular formula is C19H21FN2O3.